The molecule has 1 aliphatic rings. The number of nitro groups is 1. The number of carbonyl (C=O) groups excluding carboxylic acids is 3. The van der Waals surface area contributed by atoms with E-state index in [9.17, 15) is 24.5 Å². The topological polar surface area (TPSA) is 159 Å². The second kappa shape index (κ2) is 10.2. The Morgan fingerprint density at radius 1 is 1.28 bits per heavy atom. The Morgan fingerprint density at radius 2 is 2.00 bits per heavy atom. The van der Waals surface area contributed by atoms with Crippen LogP contribution in [0.4, 0.5) is 11.4 Å². The molecular weight excluding hydrogens is 454 g/mol. The lowest BCUT2D eigenvalue weighted by Gasteiger charge is -2.23. The van der Waals surface area contributed by atoms with Crippen LogP contribution in [0, 0.1) is 21.4 Å². The van der Waals surface area contributed by atoms with E-state index in [4.69, 9.17) is 11.0 Å². The Kier molecular flexibility index (Phi) is 7.34. The number of amides is 3. The highest BCUT2D eigenvalue weighted by molar-refractivity contribution is 8.00. The highest BCUT2D eigenvalue weighted by Gasteiger charge is 2.34. The molecule has 0 aliphatic carbocycles. The number of nitro benzene ring substituents is 1. The Balaban J connectivity index is 1.65. The summed E-state index contributed by atoms with van der Waals surface area (Å²) >= 11 is 2.39. The normalized spacial score (nSPS) is 15.1. The van der Waals surface area contributed by atoms with Crippen molar-refractivity contribution in [2.45, 2.75) is 10.9 Å². The van der Waals surface area contributed by atoms with Crippen LogP contribution in [0.3, 0.4) is 0 Å². The quantitative estimate of drug-likeness (QED) is 0.353. The first-order valence-corrected chi connectivity index (χ1v) is 11.3. The first kappa shape index (κ1) is 23.1. The molecule has 0 aromatic heterocycles. The molecule has 2 aromatic rings. The van der Waals surface area contributed by atoms with Crippen LogP contribution < -0.4 is 11.1 Å². The van der Waals surface area contributed by atoms with Crippen molar-refractivity contribution in [3.63, 3.8) is 0 Å². The summed E-state index contributed by atoms with van der Waals surface area (Å²) in [6.07, 6.45) is 0. The fourth-order valence-electron chi connectivity index (χ4n) is 2.92. The monoisotopic (exact) mass is 471 g/mol. The first-order chi connectivity index (χ1) is 15.3. The van der Waals surface area contributed by atoms with Gasteiger partial charge in [-0.2, -0.15) is 5.26 Å². The van der Waals surface area contributed by atoms with Gasteiger partial charge in [-0.25, -0.2) is 0 Å². The van der Waals surface area contributed by atoms with Gasteiger partial charge in [0.2, 0.25) is 17.7 Å². The van der Waals surface area contributed by atoms with Gasteiger partial charge >= 0.3 is 0 Å². The van der Waals surface area contributed by atoms with Gasteiger partial charge in [0.1, 0.15) is 6.04 Å². The number of rotatable bonds is 7. The highest BCUT2D eigenvalue weighted by Crippen LogP contribution is 2.31. The van der Waals surface area contributed by atoms with Crippen LogP contribution >= 0.6 is 23.5 Å². The summed E-state index contributed by atoms with van der Waals surface area (Å²) in [5, 5.41) is 22.9. The molecule has 1 heterocycles. The van der Waals surface area contributed by atoms with E-state index < -0.39 is 16.9 Å². The van der Waals surface area contributed by atoms with Crippen molar-refractivity contribution in [1.82, 2.24) is 4.90 Å². The van der Waals surface area contributed by atoms with Crippen molar-refractivity contribution in [2.24, 2.45) is 5.73 Å². The zero-order valence-electron chi connectivity index (χ0n) is 16.5. The summed E-state index contributed by atoms with van der Waals surface area (Å²) in [6, 6.07) is 11.5. The number of nitriles is 1. The van der Waals surface area contributed by atoms with Crippen LogP contribution in [0.1, 0.15) is 15.9 Å². The lowest BCUT2D eigenvalue weighted by atomic mass is 10.2. The van der Waals surface area contributed by atoms with Crippen LogP contribution in [0.5, 0.6) is 0 Å². The molecule has 1 atom stereocenters. The van der Waals surface area contributed by atoms with E-state index in [0.29, 0.717) is 22.9 Å². The van der Waals surface area contributed by atoms with Crippen LogP contribution in [-0.4, -0.2) is 51.0 Å². The predicted octanol–water partition coefficient (Wildman–Crippen LogP) is 2.20. The lowest BCUT2D eigenvalue weighted by molar-refractivity contribution is -0.387. The van der Waals surface area contributed by atoms with Crippen LogP contribution in [-0.2, 0) is 9.59 Å². The number of benzene rings is 2. The minimum Gasteiger partial charge on any atom is -0.366 e. The number of primary amides is 1. The van der Waals surface area contributed by atoms with Gasteiger partial charge in [-0.3, -0.25) is 24.5 Å². The molecule has 12 heteroatoms. The fourth-order valence-corrected chi connectivity index (χ4v) is 4.99. The third kappa shape index (κ3) is 5.37. The number of anilines is 1. The van der Waals surface area contributed by atoms with E-state index in [-0.39, 0.29) is 33.7 Å². The highest BCUT2D eigenvalue weighted by atomic mass is 32.2. The van der Waals surface area contributed by atoms with Crippen molar-refractivity contribution >= 4 is 52.6 Å². The van der Waals surface area contributed by atoms with Gasteiger partial charge in [0.25, 0.3) is 5.69 Å². The Morgan fingerprint density at radius 3 is 2.62 bits per heavy atom. The van der Waals surface area contributed by atoms with Crippen molar-refractivity contribution in [1.29, 1.82) is 5.26 Å². The Hall–Kier alpha value is -3.56. The maximum atomic E-state index is 12.8. The van der Waals surface area contributed by atoms with Crippen molar-refractivity contribution < 1.29 is 19.3 Å². The zero-order chi connectivity index (χ0) is 23.3. The molecule has 32 heavy (non-hydrogen) atoms. The van der Waals surface area contributed by atoms with Crippen LogP contribution in [0.2, 0.25) is 0 Å². The molecule has 1 aliphatic heterocycles. The molecule has 3 amide bonds. The first-order valence-electron chi connectivity index (χ1n) is 9.19. The van der Waals surface area contributed by atoms with E-state index in [1.165, 1.54) is 28.8 Å². The second-order valence-corrected chi connectivity index (χ2v) is 8.67. The summed E-state index contributed by atoms with van der Waals surface area (Å²) in [5.74, 6) is -0.841. The second-order valence-electron chi connectivity index (χ2n) is 6.65. The van der Waals surface area contributed by atoms with E-state index in [1.807, 2.05) is 6.07 Å². The van der Waals surface area contributed by atoms with Gasteiger partial charge in [-0.05, 0) is 36.4 Å². The standard InChI is InChI=1S/C20H17N5O5S2/c21-8-12-1-4-14(5-2-12)23-20(28)16-9-31-11-24(16)18(26)10-32-17-6-3-13(19(22)27)7-15(17)25(29)30/h1-7,16H,9-11H2,(H2,22,27)(H,23,28). The minimum atomic E-state index is -0.786. The summed E-state index contributed by atoms with van der Waals surface area (Å²) < 4.78 is 0. The summed E-state index contributed by atoms with van der Waals surface area (Å²) in [4.78, 5) is 49.0. The average molecular weight is 472 g/mol. The van der Waals surface area contributed by atoms with Gasteiger partial charge < -0.3 is 16.0 Å². The number of hydrogen-bond donors (Lipinski definition) is 2. The predicted molar refractivity (Wildman–Crippen MR) is 120 cm³/mol. The number of nitrogens with zero attached hydrogens (tertiary/aromatic N) is 3. The molecule has 1 unspecified atom stereocenters. The van der Waals surface area contributed by atoms with E-state index in [1.54, 1.807) is 24.3 Å². The summed E-state index contributed by atoms with van der Waals surface area (Å²) in [5.41, 5.74) is 5.83. The number of nitrogens with one attached hydrogen (secondary N) is 1. The molecule has 0 radical (unpaired) electrons. The van der Waals surface area contributed by atoms with Gasteiger partial charge in [-0.15, -0.1) is 23.5 Å². The van der Waals surface area contributed by atoms with Crippen LogP contribution in [0.25, 0.3) is 0 Å². The lowest BCUT2D eigenvalue weighted by Crippen LogP contribution is -2.45. The third-order valence-electron chi connectivity index (χ3n) is 4.58. The smallest absolute Gasteiger partial charge is 0.283 e. The molecular formula is C20H17N5O5S2. The molecule has 3 rings (SSSR count). The van der Waals surface area contributed by atoms with Gasteiger partial charge in [-0.1, -0.05) is 0 Å². The van der Waals surface area contributed by atoms with Gasteiger partial charge in [0.15, 0.2) is 0 Å². The number of hydrogen-bond acceptors (Lipinski definition) is 8. The molecule has 0 spiro atoms. The summed E-state index contributed by atoms with van der Waals surface area (Å²) in [7, 11) is 0. The van der Waals surface area contributed by atoms with E-state index in [2.05, 4.69) is 5.32 Å². The zero-order valence-corrected chi connectivity index (χ0v) is 18.1. The maximum absolute atomic E-state index is 12.8. The number of thioether (sulfide) groups is 2. The Labute approximate surface area is 191 Å². The maximum Gasteiger partial charge on any atom is 0.283 e. The molecule has 10 nitrogen and oxygen atoms in total. The number of nitrogens with two attached hydrogens (primary N) is 1. The molecule has 0 bridgehead atoms. The minimum absolute atomic E-state index is 0.00265. The van der Waals surface area contributed by atoms with Crippen molar-refractivity contribution in [3.05, 3.63) is 63.7 Å². The SMILES string of the molecule is N#Cc1ccc(NC(=O)C2CSCN2C(=O)CSc2ccc(C(N)=O)cc2[N+](=O)[O-])cc1. The third-order valence-corrected chi connectivity index (χ3v) is 6.64. The molecule has 164 valence electrons. The molecule has 1 fully saturated rings. The van der Waals surface area contributed by atoms with E-state index >= 15 is 0 Å². The Bertz CT molecular complexity index is 1120. The molecule has 2 aromatic carbocycles. The van der Waals surface area contributed by atoms with Gasteiger partial charge in [0.05, 0.1) is 33.1 Å². The largest absolute Gasteiger partial charge is 0.366 e. The van der Waals surface area contributed by atoms with Crippen LogP contribution in [0.15, 0.2) is 47.4 Å². The average Bonchev–Trinajstić information content (AvgIpc) is 3.28. The van der Waals surface area contributed by atoms with E-state index in [0.717, 1.165) is 17.8 Å². The van der Waals surface area contributed by atoms with Crippen molar-refractivity contribution in [2.75, 3.05) is 22.7 Å². The summed E-state index contributed by atoms with van der Waals surface area (Å²) in [6.45, 7) is 0. The van der Waals surface area contributed by atoms with Gasteiger partial charge in [0, 0.05) is 23.1 Å². The fraction of sp³-hybridized carbons (Fsp3) is 0.200. The molecule has 0 saturated carbocycles. The van der Waals surface area contributed by atoms with Crippen molar-refractivity contribution in [3.8, 4) is 6.07 Å². The molecule has 3 N–H and O–H groups in total. The number of carbonyl (C=O) groups is 3. The molecule has 1 saturated heterocycles.